The van der Waals surface area contributed by atoms with Crippen molar-refractivity contribution in [2.45, 2.75) is 0 Å². The molecule has 1 aromatic rings. The third-order valence-electron chi connectivity index (χ3n) is 0.964. The Morgan fingerprint density at radius 2 is 2.36 bits per heavy atom. The summed E-state index contributed by atoms with van der Waals surface area (Å²) in [5.74, 6) is -0.437. The molecular weight excluding hydrogens is 187 g/mol. The Balaban J connectivity index is 3.02. The third kappa shape index (κ3) is 1.95. The number of hydrogen-bond acceptors (Lipinski definition) is 4. The van der Waals surface area contributed by atoms with E-state index in [1.165, 1.54) is 0 Å². The highest BCUT2D eigenvalue weighted by atomic mass is 31.0. The summed E-state index contributed by atoms with van der Waals surface area (Å²) in [5, 5.41) is 2.47. The zero-order valence-corrected chi connectivity index (χ0v) is 7.72. The summed E-state index contributed by atoms with van der Waals surface area (Å²) in [6, 6.07) is 0.0985. The Morgan fingerprint density at radius 3 is 2.91 bits per heavy atom. The molecule has 0 fully saturated rings. The summed E-state index contributed by atoms with van der Waals surface area (Å²) >= 11 is 0. The van der Waals surface area contributed by atoms with E-state index >= 15 is 0 Å². The Bertz CT molecular complexity index is 259. The Labute approximate surface area is 67.5 Å². The van der Waals surface area contributed by atoms with Gasteiger partial charge in [-0.1, -0.05) is 0 Å². The fourth-order valence-electron chi connectivity index (χ4n) is 0.509. The van der Waals surface area contributed by atoms with Gasteiger partial charge in [-0.2, -0.15) is 4.98 Å². The predicted octanol–water partition coefficient (Wildman–Crippen LogP) is 0.987. The molecule has 0 saturated heterocycles. The molecule has 60 valence electrons. The number of nitrogens with one attached hydrogen (secondary N) is 1. The van der Waals surface area contributed by atoms with Gasteiger partial charge >= 0.3 is 6.01 Å². The molecule has 0 radical (unpaired) electrons. The minimum atomic E-state index is -0.522. The van der Waals surface area contributed by atoms with Gasteiger partial charge in [0.05, 0.1) is 15.7 Å². The van der Waals surface area contributed by atoms with Crippen molar-refractivity contribution in [2.75, 3.05) is 5.09 Å². The van der Waals surface area contributed by atoms with Crippen molar-refractivity contribution in [3.8, 4) is 6.01 Å². The van der Waals surface area contributed by atoms with Gasteiger partial charge in [0.1, 0.15) is 0 Å². The van der Waals surface area contributed by atoms with Crippen molar-refractivity contribution in [2.24, 2.45) is 0 Å². The number of anilines is 1. The molecule has 0 spiro atoms. The van der Waals surface area contributed by atoms with Crippen LogP contribution in [-0.2, 0) is 0 Å². The molecule has 1 rings (SSSR count). The first-order chi connectivity index (χ1) is 5.27. The maximum atomic E-state index is 12.6. The second kappa shape index (κ2) is 3.74. The van der Waals surface area contributed by atoms with Crippen molar-refractivity contribution in [3.63, 3.8) is 0 Å². The van der Waals surface area contributed by atoms with Crippen LogP contribution in [0.2, 0.25) is 0 Å². The topological polar surface area (TPSA) is 47.0 Å². The van der Waals surface area contributed by atoms with Gasteiger partial charge in [0.2, 0.25) is 0 Å². The molecule has 1 aromatic heterocycles. The maximum Gasteiger partial charge on any atom is 0.320 e. The second-order valence-electron chi connectivity index (χ2n) is 1.61. The number of aromatic nitrogens is 2. The highest BCUT2D eigenvalue weighted by molar-refractivity contribution is 7.18. The summed E-state index contributed by atoms with van der Waals surface area (Å²) < 4.78 is 17.2. The highest BCUT2D eigenvalue weighted by Crippen LogP contribution is 2.15. The molecule has 0 bridgehead atoms. The number of hydrogen-bond donors (Lipinski definition) is 1. The lowest BCUT2D eigenvalue weighted by Crippen LogP contribution is -1.94. The minimum absolute atomic E-state index is 0.0856. The molecule has 0 aliphatic carbocycles. The fourth-order valence-corrected chi connectivity index (χ4v) is 0.825. The molecule has 0 aliphatic rings. The molecule has 0 saturated carbocycles. The van der Waals surface area contributed by atoms with Crippen LogP contribution in [0, 0.1) is 5.82 Å². The van der Waals surface area contributed by atoms with Crippen LogP contribution in [-0.4, -0.2) is 9.97 Å². The summed E-state index contributed by atoms with van der Waals surface area (Å²) in [6.45, 7) is 0. The third-order valence-corrected chi connectivity index (χ3v) is 1.45. The van der Waals surface area contributed by atoms with Crippen LogP contribution in [0.15, 0.2) is 6.20 Å². The minimum Gasteiger partial charge on any atom is -0.449 e. The van der Waals surface area contributed by atoms with E-state index < -0.39 is 5.82 Å². The van der Waals surface area contributed by atoms with Crippen LogP contribution in [0.1, 0.15) is 0 Å². The van der Waals surface area contributed by atoms with E-state index in [1.807, 2.05) is 9.47 Å². The van der Waals surface area contributed by atoms with E-state index in [0.717, 1.165) is 6.20 Å². The van der Waals surface area contributed by atoms with Gasteiger partial charge < -0.3 is 9.61 Å². The first-order valence-electron chi connectivity index (χ1n) is 2.64. The van der Waals surface area contributed by atoms with Crippen LogP contribution >= 0.6 is 18.9 Å². The maximum absolute atomic E-state index is 12.6. The van der Waals surface area contributed by atoms with Gasteiger partial charge in [0.25, 0.3) is 0 Å². The average molecular weight is 193 g/mol. The lowest BCUT2D eigenvalue weighted by atomic mass is 10.6. The number of nitrogens with zero attached hydrogens (tertiary/aromatic N) is 2. The molecular formula is C4H6FN3OP2. The quantitative estimate of drug-likeness (QED) is 0.711. The summed E-state index contributed by atoms with van der Waals surface area (Å²) in [4.78, 5) is 7.18. The van der Waals surface area contributed by atoms with Crippen LogP contribution in [0.4, 0.5) is 10.2 Å². The van der Waals surface area contributed by atoms with Gasteiger partial charge in [-0.25, -0.2) is 9.37 Å². The molecule has 1 N–H and O–H groups in total. The molecule has 0 amide bonds. The second-order valence-corrected chi connectivity index (χ2v) is 2.14. The predicted molar refractivity (Wildman–Crippen MR) is 45.7 cm³/mol. The Morgan fingerprint density at radius 1 is 1.64 bits per heavy atom. The zero-order chi connectivity index (χ0) is 8.27. The number of rotatable bonds is 2. The first-order valence-corrected chi connectivity index (χ1v) is 3.68. The van der Waals surface area contributed by atoms with Crippen LogP contribution in [0.25, 0.3) is 0 Å². The largest absolute Gasteiger partial charge is 0.449 e. The SMILES string of the molecule is Fc1cnc(OP)nc1NP. The molecule has 0 aromatic carbocycles. The van der Waals surface area contributed by atoms with Crippen LogP contribution in [0.3, 0.4) is 0 Å². The lowest BCUT2D eigenvalue weighted by molar-refractivity contribution is 0.560. The smallest absolute Gasteiger partial charge is 0.320 e. The summed E-state index contributed by atoms with van der Waals surface area (Å²) in [5.41, 5.74) is 0. The van der Waals surface area contributed by atoms with Gasteiger partial charge in [-0.05, 0) is 9.39 Å². The van der Waals surface area contributed by atoms with Crippen molar-refractivity contribution < 1.29 is 8.91 Å². The van der Waals surface area contributed by atoms with Crippen LogP contribution in [0.5, 0.6) is 6.01 Å². The van der Waals surface area contributed by atoms with E-state index in [-0.39, 0.29) is 11.8 Å². The molecule has 1 heterocycles. The average Bonchev–Trinajstić information content (AvgIpc) is 2.05. The summed E-state index contributed by atoms with van der Waals surface area (Å²) in [6.07, 6.45) is 1.03. The van der Waals surface area contributed by atoms with Crippen molar-refractivity contribution in [1.29, 1.82) is 0 Å². The fraction of sp³-hybridized carbons (Fsp3) is 0. The zero-order valence-electron chi connectivity index (χ0n) is 5.41. The number of halogens is 1. The Hall–Kier alpha value is -0.530. The van der Waals surface area contributed by atoms with E-state index in [4.69, 9.17) is 0 Å². The van der Waals surface area contributed by atoms with Crippen LogP contribution < -0.4 is 9.61 Å². The van der Waals surface area contributed by atoms with Gasteiger partial charge in [-0.15, -0.1) is 0 Å². The van der Waals surface area contributed by atoms with E-state index in [9.17, 15) is 4.39 Å². The van der Waals surface area contributed by atoms with E-state index in [0.29, 0.717) is 0 Å². The molecule has 2 unspecified atom stereocenters. The highest BCUT2D eigenvalue weighted by Gasteiger charge is 2.03. The molecule has 0 aliphatic heterocycles. The van der Waals surface area contributed by atoms with Gasteiger partial charge in [-0.3, -0.25) is 0 Å². The van der Waals surface area contributed by atoms with Crippen molar-refractivity contribution in [3.05, 3.63) is 12.0 Å². The molecule has 4 nitrogen and oxygen atoms in total. The monoisotopic (exact) mass is 193 g/mol. The lowest BCUT2D eigenvalue weighted by Gasteiger charge is -2.01. The van der Waals surface area contributed by atoms with E-state index in [1.54, 1.807) is 0 Å². The van der Waals surface area contributed by atoms with Crippen molar-refractivity contribution >= 4 is 24.7 Å². The van der Waals surface area contributed by atoms with Crippen molar-refractivity contribution in [1.82, 2.24) is 9.97 Å². The van der Waals surface area contributed by atoms with E-state index in [2.05, 4.69) is 29.0 Å². The van der Waals surface area contributed by atoms with Gasteiger partial charge in [0, 0.05) is 0 Å². The normalized spacial score (nSPS) is 9.36. The molecule has 2 atom stereocenters. The molecule has 11 heavy (non-hydrogen) atoms. The summed E-state index contributed by atoms with van der Waals surface area (Å²) in [7, 11) is 4.10. The standard InChI is InChI=1S/C4H6FN3OP2/c5-2-1-6-4(9-11)7-3(2)8-10/h1H,10-11H2,(H,6,7,8). The van der Waals surface area contributed by atoms with Gasteiger partial charge in [0.15, 0.2) is 11.6 Å². The first kappa shape index (κ1) is 8.57. The Kier molecular flexibility index (Phi) is 2.92. The molecule has 7 heteroatoms.